The van der Waals surface area contributed by atoms with Crippen LogP contribution < -0.4 is 10.1 Å². The van der Waals surface area contributed by atoms with Crippen LogP contribution in [0.5, 0.6) is 5.75 Å². The summed E-state index contributed by atoms with van der Waals surface area (Å²) in [4.78, 5) is 29.6. The first-order valence-corrected chi connectivity index (χ1v) is 8.41. The van der Waals surface area contributed by atoms with Crippen LogP contribution in [0.25, 0.3) is 0 Å². The third-order valence-electron chi connectivity index (χ3n) is 4.15. The second kappa shape index (κ2) is 8.47. The minimum atomic E-state index is -1.56. The van der Waals surface area contributed by atoms with Crippen molar-refractivity contribution in [3.63, 3.8) is 0 Å². The number of aryl methyl sites for hydroxylation is 1. The molecule has 2 rings (SSSR count). The molecule has 0 aliphatic heterocycles. The molecule has 0 radical (unpaired) electrons. The fraction of sp³-hybridized carbons (Fsp3) is 0.412. The maximum absolute atomic E-state index is 12.9. The van der Waals surface area contributed by atoms with Gasteiger partial charge in [-0.3, -0.25) is 9.59 Å². The molecule has 2 aromatic rings. The van der Waals surface area contributed by atoms with Crippen LogP contribution in [0.15, 0.2) is 24.5 Å². The molecular formula is C17H21ClN4O5. The predicted octanol–water partition coefficient (Wildman–Crippen LogP) is 0.988. The van der Waals surface area contributed by atoms with Gasteiger partial charge in [0, 0.05) is 0 Å². The van der Waals surface area contributed by atoms with E-state index in [0.29, 0.717) is 11.4 Å². The average Bonchev–Trinajstić information content (AvgIpc) is 3.07. The smallest absolute Gasteiger partial charge is 0.257 e. The molecule has 0 fully saturated rings. The Labute approximate surface area is 160 Å². The van der Waals surface area contributed by atoms with Crippen molar-refractivity contribution in [2.45, 2.75) is 19.9 Å². The standard InChI is InChI=1S/C17H21ClN4O5/c1-10-4-5-12(27-3)11(6-10)20-15(26)13(22-9-19-16(18)21-22)14(25)17(2,7-23)8-24/h4-6,9,13,23-24H,7-8H2,1-3H3,(H,20,26). The zero-order chi connectivity index (χ0) is 20.2. The van der Waals surface area contributed by atoms with Crippen molar-refractivity contribution >= 4 is 29.0 Å². The summed E-state index contributed by atoms with van der Waals surface area (Å²) < 4.78 is 6.22. The largest absolute Gasteiger partial charge is 0.495 e. The quantitative estimate of drug-likeness (QED) is 0.568. The molecule has 10 heteroatoms. The normalized spacial score (nSPS) is 12.5. The minimum absolute atomic E-state index is 0.150. The average molecular weight is 397 g/mol. The summed E-state index contributed by atoms with van der Waals surface area (Å²) in [5.41, 5.74) is -0.327. The number of amides is 1. The summed E-state index contributed by atoms with van der Waals surface area (Å²) in [6, 6.07) is 3.67. The van der Waals surface area contributed by atoms with Crippen molar-refractivity contribution in [3.05, 3.63) is 35.4 Å². The number of benzene rings is 1. The summed E-state index contributed by atoms with van der Waals surface area (Å²) in [7, 11) is 1.45. The molecule has 0 aliphatic rings. The van der Waals surface area contributed by atoms with E-state index in [-0.39, 0.29) is 5.28 Å². The monoisotopic (exact) mass is 396 g/mol. The van der Waals surface area contributed by atoms with Gasteiger partial charge in [0.25, 0.3) is 5.91 Å². The number of Topliss-reactive ketones (excluding diaryl/α,β-unsaturated/α-hetero) is 1. The Bertz CT molecular complexity index is 834. The molecule has 0 saturated carbocycles. The second-order valence-corrected chi connectivity index (χ2v) is 6.67. The number of halogens is 1. The molecule has 1 aromatic carbocycles. The number of aliphatic hydroxyl groups excluding tert-OH is 2. The number of carbonyl (C=O) groups excluding carboxylic acids is 2. The van der Waals surface area contributed by atoms with Crippen molar-refractivity contribution in [2.75, 3.05) is 25.6 Å². The van der Waals surface area contributed by atoms with Crippen molar-refractivity contribution in [2.24, 2.45) is 5.41 Å². The molecule has 27 heavy (non-hydrogen) atoms. The van der Waals surface area contributed by atoms with E-state index in [0.717, 1.165) is 16.6 Å². The van der Waals surface area contributed by atoms with Crippen LogP contribution in [0.1, 0.15) is 18.5 Å². The first-order valence-electron chi connectivity index (χ1n) is 8.04. The van der Waals surface area contributed by atoms with Crippen molar-refractivity contribution < 1.29 is 24.5 Å². The fourth-order valence-electron chi connectivity index (χ4n) is 2.39. The Balaban J connectivity index is 2.43. The molecule has 3 N–H and O–H groups in total. The van der Waals surface area contributed by atoms with Gasteiger partial charge < -0.3 is 20.3 Å². The molecule has 9 nitrogen and oxygen atoms in total. The van der Waals surface area contributed by atoms with Gasteiger partial charge in [0.05, 0.1) is 31.4 Å². The second-order valence-electron chi connectivity index (χ2n) is 6.33. The van der Waals surface area contributed by atoms with Crippen molar-refractivity contribution in [3.8, 4) is 5.75 Å². The van der Waals surface area contributed by atoms with Gasteiger partial charge in [-0.05, 0) is 43.1 Å². The first-order chi connectivity index (χ1) is 12.8. The Kier molecular flexibility index (Phi) is 6.53. The highest BCUT2D eigenvalue weighted by atomic mass is 35.5. The summed E-state index contributed by atoms with van der Waals surface area (Å²) >= 11 is 5.72. The van der Waals surface area contributed by atoms with Crippen LogP contribution in [0.3, 0.4) is 0 Å². The number of ether oxygens (including phenoxy) is 1. The maximum Gasteiger partial charge on any atom is 0.257 e. The van der Waals surface area contributed by atoms with E-state index < -0.39 is 36.4 Å². The lowest BCUT2D eigenvalue weighted by Crippen LogP contribution is -2.45. The summed E-state index contributed by atoms with van der Waals surface area (Å²) in [6.07, 6.45) is 1.13. The number of methoxy groups -OCH3 is 1. The molecule has 1 aromatic heterocycles. The van der Waals surface area contributed by atoms with E-state index in [4.69, 9.17) is 16.3 Å². The summed E-state index contributed by atoms with van der Waals surface area (Å²) in [6.45, 7) is 1.88. The van der Waals surface area contributed by atoms with E-state index >= 15 is 0 Å². The Morgan fingerprint density at radius 3 is 2.56 bits per heavy atom. The molecule has 1 amide bonds. The van der Waals surface area contributed by atoms with E-state index in [9.17, 15) is 19.8 Å². The van der Waals surface area contributed by atoms with E-state index in [2.05, 4.69) is 15.4 Å². The number of hydrogen-bond acceptors (Lipinski definition) is 7. The molecule has 1 atom stereocenters. The third kappa shape index (κ3) is 4.44. The number of hydrogen-bond donors (Lipinski definition) is 3. The van der Waals surface area contributed by atoms with Crippen molar-refractivity contribution in [1.82, 2.24) is 14.8 Å². The van der Waals surface area contributed by atoms with E-state index in [1.54, 1.807) is 12.1 Å². The zero-order valence-corrected chi connectivity index (χ0v) is 15.9. The van der Waals surface area contributed by atoms with Gasteiger partial charge in [-0.1, -0.05) is 6.07 Å². The molecule has 146 valence electrons. The predicted molar refractivity (Wildman–Crippen MR) is 97.7 cm³/mol. The lowest BCUT2D eigenvalue weighted by Gasteiger charge is -2.27. The van der Waals surface area contributed by atoms with Gasteiger partial charge in [0.2, 0.25) is 5.28 Å². The van der Waals surface area contributed by atoms with Crippen LogP contribution in [0.4, 0.5) is 5.69 Å². The van der Waals surface area contributed by atoms with Gasteiger partial charge in [-0.15, -0.1) is 5.10 Å². The fourth-order valence-corrected chi connectivity index (χ4v) is 2.52. The Morgan fingerprint density at radius 1 is 1.37 bits per heavy atom. The first kappa shape index (κ1) is 20.8. The third-order valence-corrected chi connectivity index (χ3v) is 4.32. The topological polar surface area (TPSA) is 127 Å². The highest BCUT2D eigenvalue weighted by Crippen LogP contribution is 2.29. The highest BCUT2D eigenvalue weighted by molar-refractivity contribution is 6.28. The van der Waals surface area contributed by atoms with Crippen LogP contribution in [-0.2, 0) is 9.59 Å². The number of aromatic nitrogens is 3. The number of nitrogens with one attached hydrogen (secondary N) is 1. The minimum Gasteiger partial charge on any atom is -0.495 e. The van der Waals surface area contributed by atoms with Crippen LogP contribution >= 0.6 is 11.6 Å². The SMILES string of the molecule is COc1ccc(C)cc1NC(=O)C(C(=O)C(C)(CO)CO)n1cnc(Cl)n1. The van der Waals surface area contributed by atoms with Gasteiger partial charge in [-0.25, -0.2) is 9.67 Å². The van der Waals surface area contributed by atoms with Gasteiger partial charge in [0.15, 0.2) is 11.8 Å². The van der Waals surface area contributed by atoms with Crippen LogP contribution in [0, 0.1) is 12.3 Å². The molecule has 1 unspecified atom stereocenters. The highest BCUT2D eigenvalue weighted by Gasteiger charge is 2.42. The maximum atomic E-state index is 12.9. The molecule has 0 aliphatic carbocycles. The van der Waals surface area contributed by atoms with Crippen LogP contribution in [0.2, 0.25) is 5.28 Å². The van der Waals surface area contributed by atoms with Gasteiger partial charge >= 0.3 is 0 Å². The van der Waals surface area contributed by atoms with E-state index in [1.807, 2.05) is 13.0 Å². The molecule has 0 bridgehead atoms. The Hall–Kier alpha value is -2.49. The molecule has 0 saturated heterocycles. The number of nitrogens with zero attached hydrogens (tertiary/aromatic N) is 3. The number of anilines is 1. The Morgan fingerprint density at radius 2 is 2.04 bits per heavy atom. The lowest BCUT2D eigenvalue weighted by atomic mass is 9.83. The van der Waals surface area contributed by atoms with Gasteiger partial charge in [-0.2, -0.15) is 0 Å². The number of ketones is 1. The summed E-state index contributed by atoms with van der Waals surface area (Å²) in [5.74, 6) is -1.07. The number of carbonyl (C=O) groups is 2. The van der Waals surface area contributed by atoms with Crippen molar-refractivity contribution in [1.29, 1.82) is 0 Å². The summed E-state index contributed by atoms with van der Waals surface area (Å²) in [5, 5.41) is 25.4. The molecule has 1 heterocycles. The zero-order valence-electron chi connectivity index (χ0n) is 15.1. The number of aliphatic hydroxyl groups is 2. The lowest BCUT2D eigenvalue weighted by molar-refractivity contribution is -0.140. The van der Waals surface area contributed by atoms with Crippen LogP contribution in [-0.4, -0.2) is 57.0 Å². The van der Waals surface area contributed by atoms with E-state index in [1.165, 1.54) is 14.0 Å². The molecule has 0 spiro atoms. The van der Waals surface area contributed by atoms with Gasteiger partial charge in [0.1, 0.15) is 12.1 Å². The number of rotatable bonds is 8. The molecular weight excluding hydrogens is 376 g/mol.